The third kappa shape index (κ3) is 2.81. The second-order valence-corrected chi connectivity index (χ2v) is 6.24. The van der Waals surface area contributed by atoms with Crippen LogP contribution in [0.3, 0.4) is 0 Å². The fraction of sp³-hybridized carbons (Fsp3) is 1.00. The molecule has 0 bridgehead atoms. The summed E-state index contributed by atoms with van der Waals surface area (Å²) in [4.78, 5) is 2.71. The first-order valence-electron chi connectivity index (χ1n) is 8.00. The van der Waals surface area contributed by atoms with Crippen molar-refractivity contribution in [2.45, 2.75) is 31.8 Å². The van der Waals surface area contributed by atoms with Crippen molar-refractivity contribution in [1.82, 2.24) is 25.6 Å². The first kappa shape index (κ1) is 13.8. The number of hydrogen-bond donors (Lipinski definition) is 2. The minimum absolute atomic E-state index is 0.248. The average molecular weight is 267 g/mol. The van der Waals surface area contributed by atoms with Gasteiger partial charge < -0.3 is 10.6 Å². The second-order valence-electron chi connectivity index (χ2n) is 6.24. The molecule has 0 amide bonds. The lowest BCUT2D eigenvalue weighted by Crippen LogP contribution is -2.70. The molecule has 0 aromatic heterocycles. The largest absolute Gasteiger partial charge is 0.314 e. The lowest BCUT2D eigenvalue weighted by atomic mass is 9.95. The fourth-order valence-corrected chi connectivity index (χ4v) is 3.90. The maximum Gasteiger partial charge on any atom is 0.0845 e. The van der Waals surface area contributed by atoms with E-state index in [0.29, 0.717) is 0 Å². The van der Waals surface area contributed by atoms with Gasteiger partial charge in [0.05, 0.1) is 5.66 Å². The number of nitrogens with zero attached hydrogens (tertiary/aromatic N) is 3. The number of hydrazine groups is 1. The molecule has 0 spiro atoms. The molecule has 5 nitrogen and oxygen atoms in total. The molecule has 19 heavy (non-hydrogen) atoms. The topological polar surface area (TPSA) is 33.8 Å². The summed E-state index contributed by atoms with van der Waals surface area (Å²) in [6, 6.07) is 0. The van der Waals surface area contributed by atoms with Gasteiger partial charge in [0.25, 0.3) is 0 Å². The van der Waals surface area contributed by atoms with Gasteiger partial charge in [0.1, 0.15) is 0 Å². The van der Waals surface area contributed by atoms with E-state index in [1.807, 2.05) is 0 Å². The molecule has 3 saturated heterocycles. The summed E-state index contributed by atoms with van der Waals surface area (Å²) in [5.74, 6) is 0. The van der Waals surface area contributed by atoms with Gasteiger partial charge >= 0.3 is 0 Å². The summed E-state index contributed by atoms with van der Waals surface area (Å²) in [5.41, 5.74) is 0.248. The molecule has 1 atom stereocenters. The van der Waals surface area contributed by atoms with Crippen LogP contribution in [-0.4, -0.2) is 79.5 Å². The van der Waals surface area contributed by atoms with Gasteiger partial charge in [-0.2, -0.15) is 0 Å². The van der Waals surface area contributed by atoms with Crippen molar-refractivity contribution in [2.75, 3.05) is 58.9 Å². The van der Waals surface area contributed by atoms with Crippen LogP contribution in [-0.2, 0) is 0 Å². The fourth-order valence-electron chi connectivity index (χ4n) is 3.90. The predicted molar refractivity (Wildman–Crippen MR) is 77.8 cm³/mol. The molecule has 2 N–H and O–H groups in total. The molecule has 0 saturated carbocycles. The highest BCUT2D eigenvalue weighted by Gasteiger charge is 2.42. The minimum atomic E-state index is 0.248. The predicted octanol–water partition coefficient (Wildman–Crippen LogP) is -0.0861. The summed E-state index contributed by atoms with van der Waals surface area (Å²) < 4.78 is 0. The van der Waals surface area contributed by atoms with E-state index in [1.54, 1.807) is 0 Å². The Kier molecular flexibility index (Phi) is 4.39. The second kappa shape index (κ2) is 6.06. The zero-order valence-electron chi connectivity index (χ0n) is 12.3. The Balaban J connectivity index is 1.74. The maximum absolute atomic E-state index is 3.48. The summed E-state index contributed by atoms with van der Waals surface area (Å²) in [6.07, 6.45) is 4.05. The Labute approximate surface area is 117 Å². The van der Waals surface area contributed by atoms with Gasteiger partial charge in [0.2, 0.25) is 0 Å². The molecular formula is C14H29N5. The molecule has 3 rings (SSSR count). The molecule has 0 aromatic carbocycles. The van der Waals surface area contributed by atoms with Crippen LogP contribution in [0.25, 0.3) is 0 Å². The summed E-state index contributed by atoms with van der Waals surface area (Å²) in [7, 11) is 0. The van der Waals surface area contributed by atoms with E-state index in [-0.39, 0.29) is 5.66 Å². The highest BCUT2D eigenvalue weighted by atomic mass is 15.7. The van der Waals surface area contributed by atoms with E-state index in [0.717, 1.165) is 26.2 Å². The zero-order chi connectivity index (χ0) is 13.1. The van der Waals surface area contributed by atoms with Gasteiger partial charge in [-0.3, -0.25) is 4.90 Å². The van der Waals surface area contributed by atoms with E-state index < -0.39 is 0 Å². The average Bonchev–Trinajstić information content (AvgIpc) is 2.49. The first-order chi connectivity index (χ1) is 9.31. The maximum atomic E-state index is 3.48. The third-order valence-corrected chi connectivity index (χ3v) is 5.06. The molecular weight excluding hydrogens is 238 g/mol. The van der Waals surface area contributed by atoms with Gasteiger partial charge in [-0.05, 0) is 26.2 Å². The normalized spacial score (nSPS) is 36.5. The Morgan fingerprint density at radius 2 is 1.42 bits per heavy atom. The standard InChI is InChI=1S/C14H29N5/c1-14(17-10-5-15-6-11-17)4-2-3-9-19(14)18-12-7-16-8-13-18/h15-16H,2-13H2,1H3. The number of rotatable bonds is 2. The highest BCUT2D eigenvalue weighted by molar-refractivity contribution is 4.91. The molecule has 3 fully saturated rings. The van der Waals surface area contributed by atoms with E-state index in [1.165, 1.54) is 52.0 Å². The van der Waals surface area contributed by atoms with E-state index in [2.05, 4.69) is 32.5 Å². The molecule has 3 aliphatic rings. The Morgan fingerprint density at radius 3 is 2.11 bits per heavy atom. The Bertz CT molecular complexity index is 286. The SMILES string of the molecule is CC1(N2CCNCC2)CCCCN1N1CCNCC1. The number of hydrogen-bond acceptors (Lipinski definition) is 5. The van der Waals surface area contributed by atoms with E-state index in [4.69, 9.17) is 0 Å². The zero-order valence-corrected chi connectivity index (χ0v) is 12.3. The van der Waals surface area contributed by atoms with Crippen LogP contribution in [0, 0.1) is 0 Å². The van der Waals surface area contributed by atoms with Crippen molar-refractivity contribution < 1.29 is 0 Å². The van der Waals surface area contributed by atoms with E-state index >= 15 is 0 Å². The molecule has 3 aliphatic heterocycles. The molecule has 0 aliphatic carbocycles. The smallest absolute Gasteiger partial charge is 0.0845 e. The number of piperidine rings is 1. The first-order valence-corrected chi connectivity index (χ1v) is 8.00. The van der Waals surface area contributed by atoms with Crippen molar-refractivity contribution in [2.24, 2.45) is 0 Å². The van der Waals surface area contributed by atoms with Gasteiger partial charge in [-0.25, -0.2) is 10.0 Å². The number of piperazine rings is 2. The van der Waals surface area contributed by atoms with Gasteiger partial charge in [0.15, 0.2) is 0 Å². The number of nitrogens with one attached hydrogen (secondary N) is 2. The molecule has 0 radical (unpaired) electrons. The Morgan fingerprint density at radius 1 is 0.789 bits per heavy atom. The van der Waals surface area contributed by atoms with Gasteiger partial charge in [0, 0.05) is 58.9 Å². The van der Waals surface area contributed by atoms with Crippen molar-refractivity contribution in [3.05, 3.63) is 0 Å². The van der Waals surface area contributed by atoms with Crippen molar-refractivity contribution in [3.8, 4) is 0 Å². The van der Waals surface area contributed by atoms with Crippen LogP contribution in [0.5, 0.6) is 0 Å². The Hall–Kier alpha value is -0.200. The monoisotopic (exact) mass is 267 g/mol. The van der Waals surface area contributed by atoms with Crippen LogP contribution < -0.4 is 10.6 Å². The molecule has 0 aromatic rings. The molecule has 3 heterocycles. The van der Waals surface area contributed by atoms with Gasteiger partial charge in [-0.15, -0.1) is 0 Å². The van der Waals surface area contributed by atoms with Gasteiger partial charge in [-0.1, -0.05) is 0 Å². The van der Waals surface area contributed by atoms with Crippen molar-refractivity contribution in [3.63, 3.8) is 0 Å². The molecule has 5 heteroatoms. The van der Waals surface area contributed by atoms with Crippen LogP contribution in [0.15, 0.2) is 0 Å². The van der Waals surface area contributed by atoms with Crippen molar-refractivity contribution >= 4 is 0 Å². The lowest BCUT2D eigenvalue weighted by Gasteiger charge is -2.56. The van der Waals surface area contributed by atoms with Crippen LogP contribution >= 0.6 is 0 Å². The molecule has 110 valence electrons. The minimum Gasteiger partial charge on any atom is -0.314 e. The van der Waals surface area contributed by atoms with Crippen molar-refractivity contribution in [1.29, 1.82) is 0 Å². The summed E-state index contributed by atoms with van der Waals surface area (Å²) in [5, 5.41) is 12.3. The van der Waals surface area contributed by atoms with Crippen LogP contribution in [0.1, 0.15) is 26.2 Å². The lowest BCUT2D eigenvalue weighted by molar-refractivity contribution is -0.193. The van der Waals surface area contributed by atoms with Crippen LogP contribution in [0.4, 0.5) is 0 Å². The summed E-state index contributed by atoms with van der Waals surface area (Å²) >= 11 is 0. The van der Waals surface area contributed by atoms with E-state index in [9.17, 15) is 0 Å². The summed E-state index contributed by atoms with van der Waals surface area (Å²) in [6.45, 7) is 13.0. The molecule has 1 unspecified atom stereocenters. The highest BCUT2D eigenvalue weighted by Crippen LogP contribution is 2.33. The van der Waals surface area contributed by atoms with Crippen LogP contribution in [0.2, 0.25) is 0 Å². The third-order valence-electron chi connectivity index (χ3n) is 5.06. The quantitative estimate of drug-likeness (QED) is 0.731.